The minimum absolute atomic E-state index is 0.0639. The quantitative estimate of drug-likeness (QED) is 0.662. The van der Waals surface area contributed by atoms with Gasteiger partial charge in [-0.05, 0) is 48.7 Å². The molecule has 0 saturated carbocycles. The number of hydrogen-bond donors (Lipinski definition) is 2. The van der Waals surface area contributed by atoms with Gasteiger partial charge in [0.2, 0.25) is 0 Å². The maximum atomic E-state index is 12.6. The number of halogens is 3. The van der Waals surface area contributed by atoms with Crippen LogP contribution >= 0.6 is 0 Å². The number of fused-ring (bicyclic) bond motifs is 3. The van der Waals surface area contributed by atoms with Gasteiger partial charge in [0.25, 0.3) is 0 Å². The van der Waals surface area contributed by atoms with E-state index in [-0.39, 0.29) is 18.2 Å². The van der Waals surface area contributed by atoms with Gasteiger partial charge in [-0.2, -0.15) is 13.2 Å². The Morgan fingerprint density at radius 3 is 2.70 bits per heavy atom. The van der Waals surface area contributed by atoms with Crippen molar-refractivity contribution < 1.29 is 18.3 Å². The Bertz CT molecular complexity index is 948. The van der Waals surface area contributed by atoms with E-state index in [1.807, 2.05) is 24.3 Å². The Hall–Kier alpha value is -2.47. The lowest BCUT2D eigenvalue weighted by molar-refractivity contribution is -0.136. The summed E-state index contributed by atoms with van der Waals surface area (Å²) in [5.41, 5.74) is 4.14. The molecule has 1 unspecified atom stereocenters. The summed E-state index contributed by atoms with van der Waals surface area (Å²) in [6.45, 7) is 1.04. The average Bonchev–Trinajstić information content (AvgIpc) is 2.99. The van der Waals surface area contributed by atoms with Gasteiger partial charge in [-0.1, -0.05) is 30.3 Å². The fourth-order valence-electron chi connectivity index (χ4n) is 4.09. The van der Waals surface area contributed by atoms with Crippen LogP contribution in [-0.2, 0) is 6.42 Å². The van der Waals surface area contributed by atoms with Crippen molar-refractivity contribution in [1.29, 1.82) is 0 Å². The second kappa shape index (κ2) is 6.93. The molecule has 0 amide bonds. The van der Waals surface area contributed by atoms with E-state index in [9.17, 15) is 18.3 Å². The highest BCUT2D eigenvalue weighted by Crippen LogP contribution is 2.39. The van der Waals surface area contributed by atoms with E-state index >= 15 is 0 Å². The van der Waals surface area contributed by atoms with Crippen molar-refractivity contribution in [3.63, 3.8) is 0 Å². The average molecular weight is 374 g/mol. The SMILES string of the molecule is Oc1cccc(C2c3[nH]c4ccccc4c3CCN2CCCC(F)(F)F)c1. The third-order valence-electron chi connectivity index (χ3n) is 5.23. The molecule has 6 heteroatoms. The fraction of sp³-hybridized carbons (Fsp3) is 0.333. The molecule has 2 heterocycles. The molecule has 27 heavy (non-hydrogen) atoms. The minimum atomic E-state index is -4.14. The smallest absolute Gasteiger partial charge is 0.389 e. The first kappa shape index (κ1) is 17.9. The molecule has 0 spiro atoms. The maximum absolute atomic E-state index is 12.6. The van der Waals surface area contributed by atoms with E-state index in [0.717, 1.165) is 28.6 Å². The summed E-state index contributed by atoms with van der Waals surface area (Å²) in [7, 11) is 0. The van der Waals surface area contributed by atoms with Crippen LogP contribution in [-0.4, -0.2) is 34.3 Å². The number of phenolic OH excluding ortho intramolecular Hbond substituents is 1. The Morgan fingerprint density at radius 1 is 1.11 bits per heavy atom. The lowest BCUT2D eigenvalue weighted by Gasteiger charge is -2.36. The second-order valence-corrected chi connectivity index (χ2v) is 7.07. The van der Waals surface area contributed by atoms with Gasteiger partial charge in [0.1, 0.15) is 5.75 Å². The van der Waals surface area contributed by atoms with E-state index < -0.39 is 12.6 Å². The summed E-state index contributed by atoms with van der Waals surface area (Å²) in [5, 5.41) is 11.1. The van der Waals surface area contributed by atoms with Crippen molar-refractivity contribution >= 4 is 10.9 Å². The van der Waals surface area contributed by atoms with Gasteiger partial charge in [0.15, 0.2) is 0 Å². The molecular formula is C21H21F3N2O. The highest BCUT2D eigenvalue weighted by Gasteiger charge is 2.33. The highest BCUT2D eigenvalue weighted by molar-refractivity contribution is 5.85. The minimum Gasteiger partial charge on any atom is -0.508 e. The van der Waals surface area contributed by atoms with Crippen molar-refractivity contribution in [3.05, 3.63) is 65.4 Å². The van der Waals surface area contributed by atoms with Crippen LogP contribution in [0.4, 0.5) is 13.2 Å². The van der Waals surface area contributed by atoms with Crippen molar-refractivity contribution in [2.75, 3.05) is 13.1 Å². The van der Waals surface area contributed by atoms with Crippen LogP contribution in [0, 0.1) is 0 Å². The fourth-order valence-corrected chi connectivity index (χ4v) is 4.09. The van der Waals surface area contributed by atoms with Crippen LogP contribution in [0.1, 0.15) is 35.7 Å². The first-order valence-electron chi connectivity index (χ1n) is 9.11. The molecule has 0 bridgehead atoms. The molecule has 2 aromatic carbocycles. The first-order chi connectivity index (χ1) is 12.9. The van der Waals surface area contributed by atoms with Crippen molar-refractivity contribution in [2.24, 2.45) is 0 Å². The lowest BCUT2D eigenvalue weighted by atomic mass is 9.92. The van der Waals surface area contributed by atoms with E-state index in [2.05, 4.69) is 16.0 Å². The molecule has 4 rings (SSSR count). The molecule has 0 aliphatic carbocycles. The summed E-state index contributed by atoms with van der Waals surface area (Å²) in [6.07, 6.45) is -4.06. The van der Waals surface area contributed by atoms with Gasteiger partial charge >= 0.3 is 6.18 Å². The Balaban J connectivity index is 1.72. The van der Waals surface area contributed by atoms with Crippen molar-refractivity contribution in [3.8, 4) is 5.75 Å². The second-order valence-electron chi connectivity index (χ2n) is 7.07. The molecule has 0 radical (unpaired) electrons. The zero-order valence-corrected chi connectivity index (χ0v) is 14.8. The van der Waals surface area contributed by atoms with Gasteiger partial charge in [0.05, 0.1) is 6.04 Å². The number of nitrogens with one attached hydrogen (secondary N) is 1. The molecule has 1 aromatic heterocycles. The molecule has 142 valence electrons. The molecule has 2 N–H and O–H groups in total. The predicted molar refractivity (Wildman–Crippen MR) is 98.8 cm³/mol. The van der Waals surface area contributed by atoms with Gasteiger partial charge in [-0.3, -0.25) is 4.90 Å². The van der Waals surface area contributed by atoms with E-state index in [1.165, 1.54) is 5.56 Å². The number of benzene rings is 2. The largest absolute Gasteiger partial charge is 0.508 e. The monoisotopic (exact) mass is 374 g/mol. The summed E-state index contributed by atoms with van der Waals surface area (Å²) in [5.74, 6) is 0.158. The van der Waals surface area contributed by atoms with Crippen LogP contribution in [0.5, 0.6) is 5.75 Å². The van der Waals surface area contributed by atoms with E-state index in [4.69, 9.17) is 0 Å². The standard InChI is InChI=1S/C21H21F3N2O/c22-21(23,24)10-4-11-26-12-9-17-16-7-1-2-8-18(16)25-19(17)20(26)14-5-3-6-15(27)13-14/h1-3,5-8,13,20,25,27H,4,9-12H2. The summed E-state index contributed by atoms with van der Waals surface area (Å²) >= 11 is 0. The van der Waals surface area contributed by atoms with Crippen LogP contribution in [0.3, 0.4) is 0 Å². The molecule has 3 aromatic rings. The van der Waals surface area contributed by atoms with Crippen LogP contribution in [0.15, 0.2) is 48.5 Å². The molecule has 1 aliphatic heterocycles. The van der Waals surface area contributed by atoms with Crippen molar-refractivity contribution in [2.45, 2.75) is 31.5 Å². The van der Waals surface area contributed by atoms with Gasteiger partial charge in [-0.15, -0.1) is 0 Å². The van der Waals surface area contributed by atoms with Gasteiger partial charge < -0.3 is 10.1 Å². The molecule has 0 fully saturated rings. The normalized spacial score (nSPS) is 18.0. The van der Waals surface area contributed by atoms with Crippen LogP contribution < -0.4 is 0 Å². The number of alkyl halides is 3. The third-order valence-corrected chi connectivity index (χ3v) is 5.23. The van der Waals surface area contributed by atoms with Crippen LogP contribution in [0.2, 0.25) is 0 Å². The van der Waals surface area contributed by atoms with E-state index in [0.29, 0.717) is 13.1 Å². The number of phenols is 1. The zero-order valence-electron chi connectivity index (χ0n) is 14.8. The summed E-state index contributed by atoms with van der Waals surface area (Å²) < 4.78 is 37.8. The first-order valence-corrected chi connectivity index (χ1v) is 9.11. The number of rotatable bonds is 4. The lowest BCUT2D eigenvalue weighted by Crippen LogP contribution is -2.37. The number of para-hydroxylation sites is 1. The summed E-state index contributed by atoms with van der Waals surface area (Å²) in [4.78, 5) is 5.56. The number of aromatic amines is 1. The number of aromatic hydroxyl groups is 1. The molecule has 1 aliphatic rings. The third kappa shape index (κ3) is 3.67. The molecular weight excluding hydrogens is 353 g/mol. The van der Waals surface area contributed by atoms with Crippen LogP contribution in [0.25, 0.3) is 10.9 Å². The Morgan fingerprint density at radius 2 is 1.93 bits per heavy atom. The van der Waals surface area contributed by atoms with Crippen molar-refractivity contribution in [1.82, 2.24) is 9.88 Å². The number of hydrogen-bond acceptors (Lipinski definition) is 2. The van der Waals surface area contributed by atoms with Gasteiger partial charge in [0, 0.05) is 29.6 Å². The predicted octanol–water partition coefficient (Wildman–Crippen LogP) is 5.16. The maximum Gasteiger partial charge on any atom is 0.389 e. The van der Waals surface area contributed by atoms with Gasteiger partial charge in [-0.25, -0.2) is 0 Å². The highest BCUT2D eigenvalue weighted by atomic mass is 19.4. The number of H-pyrrole nitrogens is 1. The Kier molecular flexibility index (Phi) is 4.60. The number of nitrogens with zero attached hydrogens (tertiary/aromatic N) is 1. The molecule has 0 saturated heterocycles. The zero-order chi connectivity index (χ0) is 19.0. The molecule has 3 nitrogen and oxygen atoms in total. The Labute approximate surface area is 155 Å². The molecule has 1 atom stereocenters. The summed E-state index contributed by atoms with van der Waals surface area (Å²) in [6, 6.07) is 14.8. The van der Waals surface area contributed by atoms with E-state index in [1.54, 1.807) is 18.2 Å². The number of aromatic nitrogens is 1. The topological polar surface area (TPSA) is 39.3 Å².